The monoisotopic (exact) mass is 303 g/mol. The first kappa shape index (κ1) is 17.3. The second-order valence-electron chi connectivity index (χ2n) is 4.75. The van der Waals surface area contributed by atoms with Crippen LogP contribution in [0.1, 0.15) is 43.7 Å². The smallest absolute Gasteiger partial charge is 0.416 e. The largest absolute Gasteiger partial charge is 0.450 e. The molecule has 1 rings (SSSR count). The molecule has 118 valence electrons. The number of nitrogens with one attached hydrogen (secondary N) is 1. The Kier molecular flexibility index (Phi) is 7.05. The molecule has 1 amide bonds. The van der Waals surface area contributed by atoms with E-state index in [1.165, 1.54) is 12.1 Å². The second-order valence-corrected chi connectivity index (χ2v) is 4.75. The molecule has 1 N–H and O–H groups in total. The van der Waals surface area contributed by atoms with E-state index in [0.29, 0.717) is 12.2 Å². The van der Waals surface area contributed by atoms with Crippen LogP contribution >= 0.6 is 0 Å². The third kappa shape index (κ3) is 7.02. The molecule has 0 aliphatic carbocycles. The zero-order valence-electron chi connectivity index (χ0n) is 12.0. The number of halogens is 3. The van der Waals surface area contributed by atoms with Crippen molar-refractivity contribution < 1.29 is 22.7 Å². The first-order chi connectivity index (χ1) is 9.93. The summed E-state index contributed by atoms with van der Waals surface area (Å²) in [6.45, 7) is 2.43. The number of alkyl carbamates (subject to hydrolysis) is 1. The van der Waals surface area contributed by atoms with Crippen LogP contribution in [0.15, 0.2) is 24.3 Å². The van der Waals surface area contributed by atoms with Crippen molar-refractivity contribution in [3.05, 3.63) is 35.4 Å². The number of ether oxygens (including phenoxy) is 1. The zero-order valence-corrected chi connectivity index (χ0v) is 12.0. The van der Waals surface area contributed by atoms with Crippen molar-refractivity contribution in [2.24, 2.45) is 0 Å². The van der Waals surface area contributed by atoms with Gasteiger partial charge in [-0.1, -0.05) is 38.3 Å². The van der Waals surface area contributed by atoms with Gasteiger partial charge in [0.2, 0.25) is 0 Å². The van der Waals surface area contributed by atoms with E-state index in [0.717, 1.165) is 37.8 Å². The minimum Gasteiger partial charge on any atom is -0.450 e. The van der Waals surface area contributed by atoms with E-state index < -0.39 is 17.8 Å². The third-order valence-corrected chi connectivity index (χ3v) is 2.92. The minimum atomic E-state index is -4.38. The highest BCUT2D eigenvalue weighted by Crippen LogP contribution is 2.29. The van der Waals surface area contributed by atoms with Crippen LogP contribution in [0, 0.1) is 0 Å². The molecule has 0 bridgehead atoms. The molecule has 0 aliphatic heterocycles. The van der Waals surface area contributed by atoms with E-state index in [2.05, 4.69) is 12.2 Å². The maximum atomic E-state index is 12.5. The van der Waals surface area contributed by atoms with Gasteiger partial charge in [0.1, 0.15) is 0 Å². The van der Waals surface area contributed by atoms with Crippen molar-refractivity contribution in [3.63, 3.8) is 0 Å². The highest BCUT2D eigenvalue weighted by molar-refractivity contribution is 5.67. The Labute approximate surface area is 122 Å². The molecule has 0 heterocycles. The molecule has 0 atom stereocenters. The molecule has 0 aliphatic rings. The molecule has 0 fully saturated rings. The molecule has 21 heavy (non-hydrogen) atoms. The van der Waals surface area contributed by atoms with Gasteiger partial charge in [-0.05, 0) is 24.1 Å². The molecule has 1 aromatic carbocycles. The molecule has 0 radical (unpaired) electrons. The number of benzene rings is 1. The molecular formula is C15H20F3NO2. The highest BCUT2D eigenvalue weighted by atomic mass is 19.4. The number of hydrogen-bond donors (Lipinski definition) is 1. The quantitative estimate of drug-likeness (QED) is 0.753. The third-order valence-electron chi connectivity index (χ3n) is 2.92. The topological polar surface area (TPSA) is 38.3 Å². The number of alkyl halides is 3. The van der Waals surface area contributed by atoms with Crippen LogP contribution < -0.4 is 5.32 Å². The molecule has 6 heteroatoms. The lowest BCUT2D eigenvalue weighted by molar-refractivity contribution is -0.137. The van der Waals surface area contributed by atoms with Crippen LogP contribution in [0.3, 0.4) is 0 Å². The van der Waals surface area contributed by atoms with E-state index in [4.69, 9.17) is 4.74 Å². The Morgan fingerprint density at radius 3 is 2.67 bits per heavy atom. The van der Waals surface area contributed by atoms with Crippen molar-refractivity contribution in [1.82, 2.24) is 5.32 Å². The summed E-state index contributed by atoms with van der Waals surface area (Å²) in [6.07, 6.45) is -1.00. The van der Waals surface area contributed by atoms with Crippen LogP contribution in [0.4, 0.5) is 18.0 Å². The number of unbranched alkanes of at least 4 members (excludes halogenated alkanes) is 3. The highest BCUT2D eigenvalue weighted by Gasteiger charge is 2.30. The summed E-state index contributed by atoms with van der Waals surface area (Å²) in [5.74, 6) is 0. The number of carbonyl (C=O) groups is 1. The van der Waals surface area contributed by atoms with Gasteiger partial charge in [-0.3, -0.25) is 0 Å². The summed E-state index contributed by atoms with van der Waals surface area (Å²) in [6, 6.07) is 4.85. The van der Waals surface area contributed by atoms with Gasteiger partial charge in [0.05, 0.1) is 12.2 Å². The van der Waals surface area contributed by atoms with Gasteiger partial charge in [-0.15, -0.1) is 0 Å². The summed E-state index contributed by atoms with van der Waals surface area (Å²) < 4.78 is 42.5. The van der Waals surface area contributed by atoms with Crippen LogP contribution in [0.2, 0.25) is 0 Å². The van der Waals surface area contributed by atoms with E-state index >= 15 is 0 Å². The van der Waals surface area contributed by atoms with Crippen LogP contribution in [-0.4, -0.2) is 12.7 Å². The molecule has 0 unspecified atom stereocenters. The molecule has 0 saturated heterocycles. The normalized spacial score (nSPS) is 11.2. The van der Waals surface area contributed by atoms with Gasteiger partial charge in [0.25, 0.3) is 0 Å². The van der Waals surface area contributed by atoms with Crippen molar-refractivity contribution in [2.45, 2.75) is 45.3 Å². The molecular weight excluding hydrogens is 283 g/mol. The molecule has 0 spiro atoms. The zero-order chi connectivity index (χ0) is 15.7. The van der Waals surface area contributed by atoms with Crippen LogP contribution in [0.25, 0.3) is 0 Å². The van der Waals surface area contributed by atoms with E-state index in [-0.39, 0.29) is 6.54 Å². The van der Waals surface area contributed by atoms with E-state index in [1.807, 2.05) is 0 Å². The number of rotatable bonds is 7. The number of amides is 1. The first-order valence-electron chi connectivity index (χ1n) is 7.00. The van der Waals surface area contributed by atoms with Gasteiger partial charge < -0.3 is 10.1 Å². The van der Waals surface area contributed by atoms with Gasteiger partial charge in [-0.25, -0.2) is 4.79 Å². The predicted molar refractivity (Wildman–Crippen MR) is 73.8 cm³/mol. The summed E-state index contributed by atoms with van der Waals surface area (Å²) in [4.78, 5) is 11.4. The minimum absolute atomic E-state index is 0.0116. The Bertz CT molecular complexity index is 447. The van der Waals surface area contributed by atoms with Crippen molar-refractivity contribution in [1.29, 1.82) is 0 Å². The van der Waals surface area contributed by atoms with Crippen LogP contribution in [-0.2, 0) is 17.5 Å². The average Bonchev–Trinajstić information content (AvgIpc) is 2.44. The van der Waals surface area contributed by atoms with Crippen molar-refractivity contribution in [3.8, 4) is 0 Å². The standard InChI is InChI=1S/C15H20F3NO2/c1-2-3-4-5-9-21-14(20)19-11-12-7-6-8-13(10-12)15(16,17)18/h6-8,10H,2-5,9,11H2,1H3,(H,19,20). The summed E-state index contributed by atoms with van der Waals surface area (Å²) >= 11 is 0. The predicted octanol–water partition coefficient (Wildman–Crippen LogP) is 4.51. The number of carbonyl (C=O) groups excluding carboxylic acids is 1. The van der Waals surface area contributed by atoms with E-state index in [9.17, 15) is 18.0 Å². The maximum absolute atomic E-state index is 12.5. The fourth-order valence-corrected chi connectivity index (χ4v) is 1.78. The van der Waals surface area contributed by atoms with Crippen molar-refractivity contribution >= 4 is 6.09 Å². The SMILES string of the molecule is CCCCCCOC(=O)NCc1cccc(C(F)(F)F)c1. The molecule has 0 saturated carbocycles. The van der Waals surface area contributed by atoms with Gasteiger partial charge in [-0.2, -0.15) is 13.2 Å². The Morgan fingerprint density at radius 2 is 2.00 bits per heavy atom. The van der Waals surface area contributed by atoms with Gasteiger partial charge >= 0.3 is 12.3 Å². The molecule has 1 aromatic rings. The first-order valence-corrected chi connectivity index (χ1v) is 7.00. The Balaban J connectivity index is 2.33. The summed E-state index contributed by atoms with van der Waals surface area (Å²) in [5, 5.41) is 2.44. The summed E-state index contributed by atoms with van der Waals surface area (Å²) in [7, 11) is 0. The second kappa shape index (κ2) is 8.54. The Morgan fingerprint density at radius 1 is 1.24 bits per heavy atom. The molecule has 0 aromatic heterocycles. The summed E-state index contributed by atoms with van der Waals surface area (Å²) in [5.41, 5.74) is -0.345. The van der Waals surface area contributed by atoms with Crippen LogP contribution in [0.5, 0.6) is 0 Å². The fourth-order valence-electron chi connectivity index (χ4n) is 1.78. The van der Waals surface area contributed by atoms with Gasteiger partial charge in [0.15, 0.2) is 0 Å². The maximum Gasteiger partial charge on any atom is 0.416 e. The average molecular weight is 303 g/mol. The molecule has 3 nitrogen and oxygen atoms in total. The lowest BCUT2D eigenvalue weighted by Gasteiger charge is -2.10. The number of hydrogen-bond acceptors (Lipinski definition) is 2. The lowest BCUT2D eigenvalue weighted by Crippen LogP contribution is -2.24. The van der Waals surface area contributed by atoms with Gasteiger partial charge in [0, 0.05) is 6.54 Å². The Hall–Kier alpha value is -1.72. The lowest BCUT2D eigenvalue weighted by atomic mass is 10.1. The van der Waals surface area contributed by atoms with E-state index in [1.54, 1.807) is 0 Å². The fraction of sp³-hybridized carbons (Fsp3) is 0.533. The van der Waals surface area contributed by atoms with Crippen molar-refractivity contribution in [2.75, 3.05) is 6.61 Å².